The molecule has 1 aromatic heterocycles. The van der Waals surface area contributed by atoms with Crippen LogP contribution in [0.25, 0.3) is 0 Å². The van der Waals surface area contributed by atoms with E-state index in [-0.39, 0.29) is 11.6 Å². The van der Waals surface area contributed by atoms with E-state index in [9.17, 15) is 14.9 Å². The topological polar surface area (TPSA) is 82.3 Å². The van der Waals surface area contributed by atoms with Crippen LogP contribution in [0.2, 0.25) is 0 Å². The van der Waals surface area contributed by atoms with Crippen LogP contribution in [-0.4, -0.2) is 16.2 Å². The van der Waals surface area contributed by atoms with Crippen molar-refractivity contribution in [3.05, 3.63) is 56.7 Å². The van der Waals surface area contributed by atoms with Gasteiger partial charge in [0.25, 0.3) is 5.69 Å². The molecule has 7 heteroatoms. The van der Waals surface area contributed by atoms with Crippen LogP contribution in [-0.2, 0) is 0 Å². The van der Waals surface area contributed by atoms with Gasteiger partial charge in [-0.05, 0) is 18.2 Å². The largest absolute Gasteiger partial charge is 0.439 e. The van der Waals surface area contributed by atoms with Crippen LogP contribution >= 0.6 is 15.9 Å². The average Bonchev–Trinajstić information content (AvgIpc) is 2.41. The maximum Gasteiger partial charge on any atom is 0.287 e. The highest BCUT2D eigenvalue weighted by molar-refractivity contribution is 9.10. The molecule has 0 saturated heterocycles. The van der Waals surface area contributed by atoms with Crippen molar-refractivity contribution in [2.24, 2.45) is 0 Å². The van der Waals surface area contributed by atoms with E-state index in [4.69, 9.17) is 4.74 Å². The minimum atomic E-state index is -0.541. The molecule has 2 rings (SSSR count). The Morgan fingerprint density at radius 2 is 2.11 bits per heavy atom. The van der Waals surface area contributed by atoms with E-state index in [1.165, 1.54) is 12.1 Å². The quantitative estimate of drug-likeness (QED) is 0.489. The number of ether oxygens (including phenoxy) is 1. The Morgan fingerprint density at radius 3 is 2.68 bits per heavy atom. The number of aldehydes is 1. The lowest BCUT2D eigenvalue weighted by Crippen LogP contribution is -1.92. The van der Waals surface area contributed by atoms with Gasteiger partial charge in [-0.2, -0.15) is 0 Å². The predicted octanol–water partition coefficient (Wildman–Crippen LogP) is 3.36. The summed E-state index contributed by atoms with van der Waals surface area (Å²) in [7, 11) is 0. The number of carbonyl (C=O) groups excluding carboxylic acids is 1. The fraction of sp³-hybridized carbons (Fsp3) is 0. The standard InChI is InChI=1S/C12H7BrN2O4/c13-11-3-2-10(5-8(11)7-16)19-12-4-1-9(6-14-12)15(17)18/h1-7H. The maximum absolute atomic E-state index is 10.8. The van der Waals surface area contributed by atoms with Crippen molar-refractivity contribution < 1.29 is 14.5 Å². The molecule has 0 aliphatic rings. The molecule has 0 spiro atoms. The second-order valence-corrected chi connectivity index (χ2v) is 4.37. The summed E-state index contributed by atoms with van der Waals surface area (Å²) in [5, 5.41) is 10.5. The van der Waals surface area contributed by atoms with Crippen LogP contribution in [0, 0.1) is 10.1 Å². The van der Waals surface area contributed by atoms with Gasteiger partial charge in [-0.3, -0.25) is 14.9 Å². The van der Waals surface area contributed by atoms with E-state index in [1.54, 1.807) is 18.2 Å². The SMILES string of the molecule is O=Cc1cc(Oc2ccc([N+](=O)[O-])cn2)ccc1Br. The second kappa shape index (κ2) is 5.57. The molecule has 2 aromatic rings. The number of benzene rings is 1. The first-order chi connectivity index (χ1) is 9.10. The van der Waals surface area contributed by atoms with Gasteiger partial charge >= 0.3 is 0 Å². The number of rotatable bonds is 4. The zero-order chi connectivity index (χ0) is 13.8. The molecule has 0 saturated carbocycles. The zero-order valence-electron chi connectivity index (χ0n) is 9.45. The van der Waals surface area contributed by atoms with Gasteiger partial charge in [0, 0.05) is 22.2 Å². The highest BCUT2D eigenvalue weighted by Gasteiger charge is 2.07. The Labute approximate surface area is 116 Å². The third kappa shape index (κ3) is 3.14. The lowest BCUT2D eigenvalue weighted by molar-refractivity contribution is -0.385. The number of hydrogen-bond acceptors (Lipinski definition) is 5. The van der Waals surface area contributed by atoms with Crippen LogP contribution in [0.15, 0.2) is 41.0 Å². The Balaban J connectivity index is 2.21. The van der Waals surface area contributed by atoms with Crippen molar-refractivity contribution in [2.45, 2.75) is 0 Å². The number of nitrogens with zero attached hydrogens (tertiary/aromatic N) is 2. The molecule has 0 atom stereocenters. The zero-order valence-corrected chi connectivity index (χ0v) is 11.0. The van der Waals surface area contributed by atoms with Crippen LogP contribution < -0.4 is 4.74 Å². The monoisotopic (exact) mass is 322 g/mol. The summed E-state index contributed by atoms with van der Waals surface area (Å²) in [6.07, 6.45) is 1.80. The van der Waals surface area contributed by atoms with E-state index in [1.807, 2.05) is 0 Å². The summed E-state index contributed by atoms with van der Waals surface area (Å²) in [5.41, 5.74) is 0.330. The Hall–Kier alpha value is -2.28. The average molecular weight is 323 g/mol. The smallest absolute Gasteiger partial charge is 0.287 e. The molecule has 96 valence electrons. The molecule has 0 fully saturated rings. The van der Waals surface area contributed by atoms with Gasteiger partial charge in [-0.25, -0.2) is 4.98 Å². The van der Waals surface area contributed by atoms with Crippen LogP contribution in [0.3, 0.4) is 0 Å². The Bertz CT molecular complexity index is 628. The van der Waals surface area contributed by atoms with Crippen molar-refractivity contribution in [3.8, 4) is 11.6 Å². The molecule has 1 aromatic carbocycles. The third-order valence-corrected chi connectivity index (χ3v) is 2.97. The number of nitro groups is 1. The van der Waals surface area contributed by atoms with Crippen molar-refractivity contribution in [1.29, 1.82) is 0 Å². The molecule has 0 amide bonds. The molecular weight excluding hydrogens is 316 g/mol. The van der Waals surface area contributed by atoms with Gasteiger partial charge in [0.15, 0.2) is 6.29 Å². The highest BCUT2D eigenvalue weighted by atomic mass is 79.9. The van der Waals surface area contributed by atoms with Gasteiger partial charge < -0.3 is 4.74 Å². The lowest BCUT2D eigenvalue weighted by atomic mass is 10.2. The van der Waals surface area contributed by atoms with Crippen LogP contribution in [0.4, 0.5) is 5.69 Å². The van der Waals surface area contributed by atoms with E-state index in [2.05, 4.69) is 20.9 Å². The molecule has 19 heavy (non-hydrogen) atoms. The summed E-state index contributed by atoms with van der Waals surface area (Å²) in [6, 6.07) is 7.55. The number of halogens is 1. The first-order valence-corrected chi connectivity index (χ1v) is 5.92. The van der Waals surface area contributed by atoms with Crippen molar-refractivity contribution in [3.63, 3.8) is 0 Å². The Kier molecular flexibility index (Phi) is 3.86. The molecule has 6 nitrogen and oxygen atoms in total. The lowest BCUT2D eigenvalue weighted by Gasteiger charge is -2.05. The van der Waals surface area contributed by atoms with Crippen LogP contribution in [0.5, 0.6) is 11.6 Å². The fourth-order valence-corrected chi connectivity index (χ4v) is 1.68. The van der Waals surface area contributed by atoms with Crippen molar-refractivity contribution in [2.75, 3.05) is 0 Å². The van der Waals surface area contributed by atoms with E-state index < -0.39 is 4.92 Å². The van der Waals surface area contributed by atoms with Gasteiger partial charge in [0.1, 0.15) is 11.9 Å². The van der Waals surface area contributed by atoms with Crippen molar-refractivity contribution >= 4 is 27.9 Å². The number of pyridine rings is 1. The molecule has 0 radical (unpaired) electrons. The summed E-state index contributed by atoms with van der Waals surface area (Å²) in [6.45, 7) is 0. The number of aromatic nitrogens is 1. The molecule has 0 aliphatic heterocycles. The maximum atomic E-state index is 10.8. The van der Waals surface area contributed by atoms with E-state index >= 15 is 0 Å². The van der Waals surface area contributed by atoms with Gasteiger partial charge in [0.2, 0.25) is 5.88 Å². The molecule has 0 N–H and O–H groups in total. The normalized spacial score (nSPS) is 9.95. The minimum Gasteiger partial charge on any atom is -0.439 e. The predicted molar refractivity (Wildman–Crippen MR) is 70.5 cm³/mol. The van der Waals surface area contributed by atoms with Crippen molar-refractivity contribution in [1.82, 2.24) is 4.98 Å². The highest BCUT2D eigenvalue weighted by Crippen LogP contribution is 2.25. The summed E-state index contributed by atoms with van der Waals surface area (Å²) < 4.78 is 6.06. The fourth-order valence-electron chi connectivity index (χ4n) is 1.34. The number of carbonyl (C=O) groups is 1. The summed E-state index contributed by atoms with van der Waals surface area (Å²) in [5.74, 6) is 0.636. The molecular formula is C12H7BrN2O4. The van der Waals surface area contributed by atoms with Gasteiger partial charge in [-0.15, -0.1) is 0 Å². The molecule has 0 unspecified atom stereocenters. The Morgan fingerprint density at radius 1 is 1.32 bits per heavy atom. The molecule has 0 aliphatic carbocycles. The summed E-state index contributed by atoms with van der Waals surface area (Å²) in [4.78, 5) is 24.5. The first kappa shape index (κ1) is 13.2. The molecule has 0 bridgehead atoms. The first-order valence-electron chi connectivity index (χ1n) is 5.13. The summed E-state index contributed by atoms with van der Waals surface area (Å²) >= 11 is 3.22. The second-order valence-electron chi connectivity index (χ2n) is 3.51. The van der Waals surface area contributed by atoms with E-state index in [0.717, 1.165) is 6.20 Å². The molecule has 1 heterocycles. The van der Waals surface area contributed by atoms with Gasteiger partial charge in [0.05, 0.1) is 4.92 Å². The third-order valence-electron chi connectivity index (χ3n) is 2.25. The van der Waals surface area contributed by atoms with E-state index in [0.29, 0.717) is 22.1 Å². The minimum absolute atomic E-state index is 0.114. The van der Waals surface area contributed by atoms with Crippen LogP contribution in [0.1, 0.15) is 10.4 Å². The van der Waals surface area contributed by atoms with Gasteiger partial charge in [-0.1, -0.05) is 15.9 Å². The number of hydrogen-bond donors (Lipinski definition) is 0.